The minimum atomic E-state index is -5.01. The highest BCUT2D eigenvalue weighted by atomic mass is 19.4. The summed E-state index contributed by atoms with van der Waals surface area (Å²) in [6.45, 7) is 0. The van der Waals surface area contributed by atoms with Crippen LogP contribution in [0, 0.1) is 17.3 Å². The molecule has 0 atom stereocenters. The van der Waals surface area contributed by atoms with Crippen molar-refractivity contribution in [2.24, 2.45) is 0 Å². The van der Waals surface area contributed by atoms with Crippen molar-refractivity contribution in [3.63, 3.8) is 0 Å². The zero-order valence-electron chi connectivity index (χ0n) is 6.97. The smallest absolute Gasteiger partial charge is 0.403 e. The van der Waals surface area contributed by atoms with Gasteiger partial charge in [-0.25, -0.2) is 4.98 Å². The Morgan fingerprint density at radius 1 is 1.47 bits per heavy atom. The van der Waals surface area contributed by atoms with Gasteiger partial charge >= 0.3 is 6.36 Å². The molecule has 4 nitrogen and oxygen atoms in total. The molecule has 0 aromatic carbocycles. The Kier molecular flexibility index (Phi) is 2.65. The third-order valence-electron chi connectivity index (χ3n) is 1.32. The van der Waals surface area contributed by atoms with Gasteiger partial charge in [0.1, 0.15) is 11.8 Å². The van der Waals surface area contributed by atoms with Crippen LogP contribution < -0.4 is 10.5 Å². The van der Waals surface area contributed by atoms with Crippen LogP contribution in [-0.4, -0.2) is 11.3 Å². The second kappa shape index (κ2) is 3.61. The average molecular weight is 221 g/mol. The molecule has 0 unspecified atom stereocenters. The molecule has 1 heterocycles. The normalized spacial score (nSPS) is 10.9. The van der Waals surface area contributed by atoms with Crippen molar-refractivity contribution in [3.8, 4) is 11.8 Å². The summed E-state index contributed by atoms with van der Waals surface area (Å²) in [5, 5.41) is 8.37. The lowest BCUT2D eigenvalue weighted by Gasteiger charge is -2.11. The maximum Gasteiger partial charge on any atom is 0.573 e. The van der Waals surface area contributed by atoms with Crippen LogP contribution in [0.4, 0.5) is 23.2 Å². The average Bonchev–Trinajstić information content (AvgIpc) is 2.08. The second-order valence-corrected chi connectivity index (χ2v) is 2.37. The van der Waals surface area contributed by atoms with Crippen molar-refractivity contribution in [1.82, 2.24) is 4.98 Å². The maximum absolute atomic E-state index is 12.6. The predicted octanol–water partition coefficient (Wildman–Crippen LogP) is 1.57. The van der Waals surface area contributed by atoms with Crippen molar-refractivity contribution < 1.29 is 22.3 Å². The first-order valence-corrected chi connectivity index (χ1v) is 3.45. The van der Waals surface area contributed by atoms with E-state index in [2.05, 4.69) is 9.72 Å². The van der Waals surface area contributed by atoms with Gasteiger partial charge in [0.15, 0.2) is 11.4 Å². The molecule has 1 rings (SSSR count). The Hall–Kier alpha value is -2.04. The lowest BCUT2D eigenvalue weighted by Crippen LogP contribution is -2.18. The number of nitrogens with two attached hydrogens (primary N) is 1. The minimum Gasteiger partial charge on any atom is -0.403 e. The number of hydrogen-bond donors (Lipinski definition) is 1. The predicted molar refractivity (Wildman–Crippen MR) is 40.0 cm³/mol. The van der Waals surface area contributed by atoms with Gasteiger partial charge < -0.3 is 10.5 Å². The van der Waals surface area contributed by atoms with Crippen molar-refractivity contribution in [2.75, 3.05) is 5.73 Å². The molecular weight excluding hydrogens is 218 g/mol. The van der Waals surface area contributed by atoms with Gasteiger partial charge in [0.2, 0.25) is 5.95 Å². The summed E-state index contributed by atoms with van der Waals surface area (Å²) in [6.07, 6.45) is -5.01. The SMILES string of the molecule is N#Cc1nc(F)cc(OC(F)(F)F)c1N. The van der Waals surface area contributed by atoms with E-state index in [-0.39, 0.29) is 0 Å². The molecule has 1 aromatic rings. The largest absolute Gasteiger partial charge is 0.573 e. The van der Waals surface area contributed by atoms with E-state index >= 15 is 0 Å². The van der Waals surface area contributed by atoms with Crippen molar-refractivity contribution >= 4 is 5.69 Å². The molecule has 0 bridgehead atoms. The van der Waals surface area contributed by atoms with Gasteiger partial charge in [-0.15, -0.1) is 13.2 Å². The molecule has 15 heavy (non-hydrogen) atoms. The molecule has 8 heteroatoms. The summed E-state index contributed by atoms with van der Waals surface area (Å²) < 4.78 is 51.4. The first-order valence-electron chi connectivity index (χ1n) is 3.45. The first kappa shape index (κ1) is 11.0. The van der Waals surface area contributed by atoms with Crippen LogP contribution in [0.25, 0.3) is 0 Å². The minimum absolute atomic E-state index is 0.351. The van der Waals surface area contributed by atoms with Crippen molar-refractivity contribution in [2.45, 2.75) is 6.36 Å². The van der Waals surface area contributed by atoms with E-state index in [9.17, 15) is 17.6 Å². The summed E-state index contributed by atoms with van der Waals surface area (Å²) in [7, 11) is 0. The molecular formula is C7H3F4N3O. The quantitative estimate of drug-likeness (QED) is 0.577. The lowest BCUT2D eigenvalue weighted by atomic mass is 10.3. The monoisotopic (exact) mass is 221 g/mol. The summed E-state index contributed by atoms with van der Waals surface area (Å²) in [6, 6.07) is 1.69. The molecule has 0 aliphatic rings. The van der Waals surface area contributed by atoms with Crippen LogP contribution in [0.15, 0.2) is 6.07 Å². The molecule has 0 radical (unpaired) electrons. The third-order valence-corrected chi connectivity index (χ3v) is 1.32. The number of nitrogen functional groups attached to an aromatic ring is 1. The summed E-state index contributed by atoms with van der Waals surface area (Å²) in [4.78, 5) is 2.98. The topological polar surface area (TPSA) is 71.9 Å². The Bertz CT molecular complexity index is 423. The third kappa shape index (κ3) is 2.70. The van der Waals surface area contributed by atoms with Gasteiger partial charge in [-0.2, -0.15) is 9.65 Å². The van der Waals surface area contributed by atoms with E-state index in [0.717, 1.165) is 0 Å². The fourth-order valence-corrected chi connectivity index (χ4v) is 0.796. The van der Waals surface area contributed by atoms with Crippen LogP contribution in [0.5, 0.6) is 5.75 Å². The Morgan fingerprint density at radius 3 is 2.53 bits per heavy atom. The van der Waals surface area contributed by atoms with Gasteiger partial charge in [0, 0.05) is 6.07 Å². The van der Waals surface area contributed by atoms with E-state index in [1.54, 1.807) is 0 Å². The van der Waals surface area contributed by atoms with Crippen LogP contribution in [0.3, 0.4) is 0 Å². The molecule has 0 fully saturated rings. The van der Waals surface area contributed by atoms with Gasteiger partial charge in [-0.3, -0.25) is 0 Å². The highest BCUT2D eigenvalue weighted by Crippen LogP contribution is 2.29. The van der Waals surface area contributed by atoms with E-state index in [4.69, 9.17) is 11.0 Å². The summed E-state index contributed by atoms with van der Waals surface area (Å²) in [5.41, 5.74) is 3.78. The second-order valence-electron chi connectivity index (χ2n) is 2.37. The van der Waals surface area contributed by atoms with Crippen LogP contribution in [0.2, 0.25) is 0 Å². The maximum atomic E-state index is 12.6. The van der Waals surface area contributed by atoms with Gasteiger partial charge in [0.05, 0.1) is 0 Å². The number of alkyl halides is 3. The molecule has 0 saturated heterocycles. The number of aromatic nitrogens is 1. The van der Waals surface area contributed by atoms with Gasteiger partial charge in [-0.1, -0.05) is 0 Å². The molecule has 0 aliphatic carbocycles. The number of ether oxygens (including phenoxy) is 1. The van der Waals surface area contributed by atoms with Gasteiger partial charge in [0.25, 0.3) is 0 Å². The number of halogens is 4. The zero-order valence-corrected chi connectivity index (χ0v) is 6.97. The number of pyridine rings is 1. The van der Waals surface area contributed by atoms with Crippen LogP contribution in [-0.2, 0) is 0 Å². The number of nitriles is 1. The first-order chi connectivity index (χ1) is 6.83. The summed E-state index contributed by atoms with van der Waals surface area (Å²) >= 11 is 0. The molecule has 80 valence electrons. The molecule has 0 amide bonds. The molecule has 0 spiro atoms. The molecule has 0 saturated carbocycles. The fraction of sp³-hybridized carbons (Fsp3) is 0.143. The highest BCUT2D eigenvalue weighted by Gasteiger charge is 2.32. The Morgan fingerprint density at radius 2 is 2.07 bits per heavy atom. The fourth-order valence-electron chi connectivity index (χ4n) is 0.796. The van der Waals surface area contributed by atoms with Gasteiger partial charge in [-0.05, 0) is 0 Å². The number of hydrogen-bond acceptors (Lipinski definition) is 4. The van der Waals surface area contributed by atoms with E-state index in [0.29, 0.717) is 6.07 Å². The standard InChI is InChI=1S/C7H3F4N3O/c8-5-1-4(15-7(9,10)11)6(13)3(2-12)14-5/h1H,13H2. The molecule has 1 aromatic heterocycles. The van der Waals surface area contributed by atoms with E-state index < -0.39 is 29.4 Å². The zero-order chi connectivity index (χ0) is 11.6. The van der Waals surface area contributed by atoms with Crippen molar-refractivity contribution in [3.05, 3.63) is 17.7 Å². The van der Waals surface area contributed by atoms with Crippen LogP contribution in [0.1, 0.15) is 5.69 Å². The highest BCUT2D eigenvalue weighted by molar-refractivity contribution is 5.59. The Balaban J connectivity index is 3.20. The molecule has 0 aliphatic heterocycles. The Labute approximate surface area is 80.9 Å². The lowest BCUT2D eigenvalue weighted by molar-refractivity contribution is -0.274. The van der Waals surface area contributed by atoms with E-state index in [1.165, 1.54) is 6.07 Å². The van der Waals surface area contributed by atoms with Crippen molar-refractivity contribution in [1.29, 1.82) is 5.26 Å². The molecule has 2 N–H and O–H groups in total. The summed E-state index contributed by atoms with van der Waals surface area (Å²) in [5.74, 6) is -2.26. The number of rotatable bonds is 1. The number of nitrogens with zero attached hydrogens (tertiary/aromatic N) is 2. The number of anilines is 1. The van der Waals surface area contributed by atoms with Crippen LogP contribution >= 0.6 is 0 Å². The van der Waals surface area contributed by atoms with E-state index in [1.807, 2.05) is 0 Å².